The van der Waals surface area contributed by atoms with Gasteiger partial charge < -0.3 is 4.74 Å². The number of hydrogen-bond donors (Lipinski definition) is 0. The maximum atomic E-state index is 5.16. The molecule has 1 heteroatoms. The largest absolute Gasteiger partial charge is 0.501 e. The van der Waals surface area contributed by atoms with Crippen molar-refractivity contribution in [2.45, 2.75) is 20.3 Å². The molecule has 0 aromatic rings. The van der Waals surface area contributed by atoms with Crippen LogP contribution in [0.1, 0.15) is 20.3 Å². The minimum Gasteiger partial charge on any atom is -0.501 e. The van der Waals surface area contributed by atoms with Crippen molar-refractivity contribution in [3.63, 3.8) is 0 Å². The average molecular weight is 126 g/mol. The van der Waals surface area contributed by atoms with Gasteiger partial charge in [-0.2, -0.15) is 0 Å². The molecule has 0 aromatic heterocycles. The maximum Gasteiger partial charge on any atom is 0.0906 e. The molecule has 0 N–H and O–H groups in total. The van der Waals surface area contributed by atoms with E-state index < -0.39 is 0 Å². The molecule has 0 spiro atoms. The van der Waals surface area contributed by atoms with Gasteiger partial charge in [0.05, 0.1) is 12.9 Å². The lowest BCUT2D eigenvalue weighted by molar-refractivity contribution is 0.148. The van der Waals surface area contributed by atoms with Crippen molar-refractivity contribution in [1.82, 2.24) is 0 Å². The van der Waals surface area contributed by atoms with E-state index in [4.69, 9.17) is 4.74 Å². The van der Waals surface area contributed by atoms with Crippen LogP contribution in [0.15, 0.2) is 12.3 Å². The summed E-state index contributed by atoms with van der Waals surface area (Å²) in [7, 11) is 0. The molecule has 0 amide bonds. The molecule has 1 atom stereocenters. The summed E-state index contributed by atoms with van der Waals surface area (Å²) in [6.45, 7) is 5.40. The third kappa shape index (κ3) is 1.74. The second-order valence-electron chi connectivity index (χ2n) is 2.94. The van der Waals surface area contributed by atoms with Gasteiger partial charge in [0.2, 0.25) is 0 Å². The second kappa shape index (κ2) is 2.90. The molecule has 1 aliphatic heterocycles. The van der Waals surface area contributed by atoms with Gasteiger partial charge >= 0.3 is 0 Å². The highest BCUT2D eigenvalue weighted by molar-refractivity contribution is 4.83. The Bertz CT molecular complexity index is 105. The molecular formula is C8H14O. The van der Waals surface area contributed by atoms with Crippen LogP contribution in [0.25, 0.3) is 0 Å². The predicted molar refractivity (Wildman–Crippen MR) is 38.0 cm³/mol. The van der Waals surface area contributed by atoms with Crippen LogP contribution < -0.4 is 0 Å². The van der Waals surface area contributed by atoms with Crippen LogP contribution in [-0.4, -0.2) is 6.61 Å². The highest BCUT2D eigenvalue weighted by atomic mass is 16.5. The van der Waals surface area contributed by atoms with E-state index in [1.54, 1.807) is 6.26 Å². The van der Waals surface area contributed by atoms with Gasteiger partial charge in [-0.05, 0) is 24.3 Å². The summed E-state index contributed by atoms with van der Waals surface area (Å²) < 4.78 is 5.16. The molecular weight excluding hydrogens is 112 g/mol. The van der Waals surface area contributed by atoms with Gasteiger partial charge in [-0.1, -0.05) is 13.8 Å². The molecule has 9 heavy (non-hydrogen) atoms. The summed E-state index contributed by atoms with van der Waals surface area (Å²) in [4.78, 5) is 0. The second-order valence-corrected chi connectivity index (χ2v) is 2.94. The molecule has 0 bridgehead atoms. The van der Waals surface area contributed by atoms with Crippen LogP contribution >= 0.6 is 0 Å². The first-order valence-corrected chi connectivity index (χ1v) is 3.57. The van der Waals surface area contributed by atoms with Gasteiger partial charge in [0, 0.05) is 0 Å². The minimum atomic E-state index is 0.745. The van der Waals surface area contributed by atoms with Gasteiger partial charge in [-0.15, -0.1) is 0 Å². The summed E-state index contributed by atoms with van der Waals surface area (Å²) in [6, 6.07) is 0. The third-order valence-electron chi connectivity index (χ3n) is 1.88. The lowest BCUT2D eigenvalue weighted by atomic mass is 9.93. The lowest BCUT2D eigenvalue weighted by Crippen LogP contribution is -2.16. The average Bonchev–Trinajstić information content (AvgIpc) is 1.90. The Kier molecular flexibility index (Phi) is 2.15. The van der Waals surface area contributed by atoms with E-state index in [2.05, 4.69) is 19.9 Å². The minimum absolute atomic E-state index is 0.745. The lowest BCUT2D eigenvalue weighted by Gasteiger charge is -2.21. The Morgan fingerprint density at radius 2 is 2.33 bits per heavy atom. The van der Waals surface area contributed by atoms with Crippen molar-refractivity contribution < 1.29 is 4.74 Å². The molecule has 0 unspecified atom stereocenters. The Balaban J connectivity index is 2.35. The Labute approximate surface area is 56.7 Å². The van der Waals surface area contributed by atoms with Crippen LogP contribution in [0.2, 0.25) is 0 Å². The number of allylic oxidation sites excluding steroid dienone is 1. The Morgan fingerprint density at radius 1 is 1.56 bits per heavy atom. The van der Waals surface area contributed by atoms with Crippen molar-refractivity contribution in [3.8, 4) is 0 Å². The molecule has 0 fully saturated rings. The Morgan fingerprint density at radius 3 is 2.67 bits per heavy atom. The van der Waals surface area contributed by atoms with Crippen LogP contribution in [0.3, 0.4) is 0 Å². The summed E-state index contributed by atoms with van der Waals surface area (Å²) in [5.74, 6) is 1.50. The number of hydrogen-bond acceptors (Lipinski definition) is 1. The first-order valence-electron chi connectivity index (χ1n) is 3.57. The normalized spacial score (nSPS) is 26.3. The van der Waals surface area contributed by atoms with Crippen LogP contribution in [0.5, 0.6) is 0 Å². The van der Waals surface area contributed by atoms with E-state index in [0.717, 1.165) is 18.4 Å². The zero-order chi connectivity index (χ0) is 6.69. The first kappa shape index (κ1) is 6.66. The molecule has 1 heterocycles. The third-order valence-corrected chi connectivity index (χ3v) is 1.88. The van der Waals surface area contributed by atoms with Gasteiger partial charge in [0.1, 0.15) is 0 Å². The Hall–Kier alpha value is -0.460. The highest BCUT2D eigenvalue weighted by Crippen LogP contribution is 2.18. The molecule has 52 valence electrons. The molecule has 1 rings (SSSR count). The van der Waals surface area contributed by atoms with Crippen LogP contribution in [-0.2, 0) is 4.74 Å². The predicted octanol–water partition coefficient (Wildman–Crippen LogP) is 2.19. The standard InChI is InChI=1S/C8H14O/c1-7(2)8-4-3-5-9-6-8/h3,5,7-8H,4,6H2,1-2H3/t8-/m1/s1. The van der Waals surface area contributed by atoms with Crippen molar-refractivity contribution in [2.24, 2.45) is 11.8 Å². The monoisotopic (exact) mass is 126 g/mol. The summed E-state index contributed by atoms with van der Waals surface area (Å²) in [5.41, 5.74) is 0. The van der Waals surface area contributed by atoms with E-state index in [9.17, 15) is 0 Å². The molecule has 0 aliphatic carbocycles. The molecule has 0 saturated heterocycles. The van der Waals surface area contributed by atoms with Crippen LogP contribution in [0.4, 0.5) is 0 Å². The van der Waals surface area contributed by atoms with Crippen molar-refractivity contribution in [2.75, 3.05) is 6.61 Å². The quantitative estimate of drug-likeness (QED) is 0.523. The smallest absolute Gasteiger partial charge is 0.0906 e. The van der Waals surface area contributed by atoms with E-state index in [0.29, 0.717) is 0 Å². The molecule has 0 aromatic carbocycles. The fraction of sp³-hybridized carbons (Fsp3) is 0.750. The summed E-state index contributed by atoms with van der Waals surface area (Å²) in [6.07, 6.45) is 5.10. The molecule has 0 radical (unpaired) electrons. The van der Waals surface area contributed by atoms with Gasteiger partial charge in [-0.25, -0.2) is 0 Å². The van der Waals surface area contributed by atoms with E-state index in [-0.39, 0.29) is 0 Å². The van der Waals surface area contributed by atoms with Gasteiger partial charge in [0.15, 0.2) is 0 Å². The van der Waals surface area contributed by atoms with E-state index in [1.807, 2.05) is 0 Å². The van der Waals surface area contributed by atoms with Gasteiger partial charge in [-0.3, -0.25) is 0 Å². The van der Waals surface area contributed by atoms with Crippen molar-refractivity contribution in [3.05, 3.63) is 12.3 Å². The fourth-order valence-electron chi connectivity index (χ4n) is 1.01. The molecule has 1 nitrogen and oxygen atoms in total. The molecule has 1 aliphatic rings. The topological polar surface area (TPSA) is 9.23 Å². The zero-order valence-corrected chi connectivity index (χ0v) is 6.13. The highest BCUT2D eigenvalue weighted by Gasteiger charge is 2.13. The number of ether oxygens (including phenoxy) is 1. The SMILES string of the molecule is CC(C)[C@@H]1CC=COC1. The van der Waals surface area contributed by atoms with E-state index in [1.165, 1.54) is 6.42 Å². The number of rotatable bonds is 1. The first-order chi connectivity index (χ1) is 4.30. The summed E-state index contributed by atoms with van der Waals surface area (Å²) in [5, 5.41) is 0. The van der Waals surface area contributed by atoms with Crippen LogP contribution in [0, 0.1) is 11.8 Å². The zero-order valence-electron chi connectivity index (χ0n) is 6.13. The van der Waals surface area contributed by atoms with E-state index >= 15 is 0 Å². The van der Waals surface area contributed by atoms with Crippen molar-refractivity contribution >= 4 is 0 Å². The van der Waals surface area contributed by atoms with Gasteiger partial charge in [0.25, 0.3) is 0 Å². The summed E-state index contributed by atoms with van der Waals surface area (Å²) >= 11 is 0. The maximum absolute atomic E-state index is 5.16. The van der Waals surface area contributed by atoms with Crippen molar-refractivity contribution in [1.29, 1.82) is 0 Å². The molecule has 0 saturated carbocycles. The fourth-order valence-corrected chi connectivity index (χ4v) is 1.01.